The van der Waals surface area contributed by atoms with Crippen LogP contribution in [0.15, 0.2) is 85.2 Å². The van der Waals surface area contributed by atoms with Gasteiger partial charge in [0.15, 0.2) is 0 Å². The Morgan fingerprint density at radius 2 is 1.57 bits per heavy atom. The standard InChI is InChI=1S/C25H25N5/c1-18(2)20-8-10-22(11-9-20)28-24-16-23(21-6-4-3-5-7-21)29-25(30-24)27-17-19-12-14-26-15-13-19/h3-16,18H,17H2,1-2H3,(H2,27,28,29,30). The van der Waals surface area contributed by atoms with Gasteiger partial charge in [-0.1, -0.05) is 56.3 Å². The molecular formula is C25H25N5. The number of benzene rings is 2. The van der Waals surface area contributed by atoms with E-state index in [-0.39, 0.29) is 0 Å². The van der Waals surface area contributed by atoms with E-state index in [9.17, 15) is 0 Å². The van der Waals surface area contributed by atoms with Crippen molar-refractivity contribution in [1.82, 2.24) is 15.0 Å². The zero-order valence-corrected chi connectivity index (χ0v) is 17.2. The Morgan fingerprint density at radius 1 is 0.833 bits per heavy atom. The average Bonchev–Trinajstić information content (AvgIpc) is 2.79. The van der Waals surface area contributed by atoms with Gasteiger partial charge in [0.25, 0.3) is 0 Å². The summed E-state index contributed by atoms with van der Waals surface area (Å²) in [4.78, 5) is 13.5. The van der Waals surface area contributed by atoms with Crippen LogP contribution in [0.5, 0.6) is 0 Å². The molecule has 30 heavy (non-hydrogen) atoms. The minimum atomic E-state index is 0.506. The van der Waals surface area contributed by atoms with Gasteiger partial charge >= 0.3 is 0 Å². The van der Waals surface area contributed by atoms with Gasteiger partial charge in [-0.3, -0.25) is 4.98 Å². The summed E-state index contributed by atoms with van der Waals surface area (Å²) < 4.78 is 0. The number of hydrogen-bond acceptors (Lipinski definition) is 5. The smallest absolute Gasteiger partial charge is 0.225 e. The molecule has 2 heterocycles. The lowest BCUT2D eigenvalue weighted by Crippen LogP contribution is -2.06. The van der Waals surface area contributed by atoms with Gasteiger partial charge in [0.05, 0.1) is 5.69 Å². The molecule has 0 saturated carbocycles. The first-order valence-corrected chi connectivity index (χ1v) is 10.1. The fourth-order valence-corrected chi connectivity index (χ4v) is 3.13. The molecule has 4 aromatic rings. The summed E-state index contributed by atoms with van der Waals surface area (Å²) in [5.41, 5.74) is 5.34. The topological polar surface area (TPSA) is 62.7 Å². The zero-order valence-electron chi connectivity index (χ0n) is 17.2. The van der Waals surface area contributed by atoms with Gasteiger partial charge in [-0.15, -0.1) is 0 Å². The number of anilines is 3. The monoisotopic (exact) mass is 395 g/mol. The second-order valence-corrected chi connectivity index (χ2v) is 7.44. The highest BCUT2D eigenvalue weighted by molar-refractivity contribution is 5.67. The van der Waals surface area contributed by atoms with Crippen LogP contribution in [0.2, 0.25) is 0 Å². The largest absolute Gasteiger partial charge is 0.350 e. The van der Waals surface area contributed by atoms with Crippen molar-refractivity contribution in [3.05, 3.63) is 96.3 Å². The summed E-state index contributed by atoms with van der Waals surface area (Å²) in [7, 11) is 0. The third-order valence-corrected chi connectivity index (χ3v) is 4.85. The molecule has 2 aromatic carbocycles. The molecule has 0 unspecified atom stereocenters. The first kappa shape index (κ1) is 19.6. The van der Waals surface area contributed by atoms with Crippen LogP contribution in [-0.4, -0.2) is 15.0 Å². The number of nitrogens with zero attached hydrogens (tertiary/aromatic N) is 3. The van der Waals surface area contributed by atoms with Crippen LogP contribution in [0.3, 0.4) is 0 Å². The molecule has 2 aromatic heterocycles. The molecule has 5 heteroatoms. The third-order valence-electron chi connectivity index (χ3n) is 4.85. The van der Waals surface area contributed by atoms with Crippen LogP contribution < -0.4 is 10.6 Å². The van der Waals surface area contributed by atoms with E-state index in [1.807, 2.05) is 36.4 Å². The van der Waals surface area contributed by atoms with Gasteiger partial charge < -0.3 is 10.6 Å². The van der Waals surface area contributed by atoms with Crippen molar-refractivity contribution in [2.24, 2.45) is 0 Å². The van der Waals surface area contributed by atoms with Crippen LogP contribution in [0.4, 0.5) is 17.5 Å². The fraction of sp³-hybridized carbons (Fsp3) is 0.160. The number of aromatic nitrogens is 3. The van der Waals surface area contributed by atoms with Gasteiger partial charge in [-0.05, 0) is 41.3 Å². The van der Waals surface area contributed by atoms with Crippen LogP contribution in [0.25, 0.3) is 11.3 Å². The molecule has 5 nitrogen and oxygen atoms in total. The van der Waals surface area contributed by atoms with Crippen molar-refractivity contribution in [2.75, 3.05) is 10.6 Å². The predicted molar refractivity (Wildman–Crippen MR) is 123 cm³/mol. The summed E-state index contributed by atoms with van der Waals surface area (Å²) in [5, 5.41) is 6.75. The Balaban J connectivity index is 1.61. The quantitative estimate of drug-likeness (QED) is 0.401. The molecule has 2 N–H and O–H groups in total. The number of hydrogen-bond donors (Lipinski definition) is 2. The molecule has 0 aliphatic heterocycles. The molecule has 150 valence electrons. The molecule has 0 aliphatic rings. The van der Waals surface area contributed by atoms with Crippen molar-refractivity contribution in [3.63, 3.8) is 0 Å². The molecule has 0 radical (unpaired) electrons. The van der Waals surface area contributed by atoms with Gasteiger partial charge in [-0.2, -0.15) is 4.98 Å². The highest BCUT2D eigenvalue weighted by Gasteiger charge is 2.08. The number of pyridine rings is 1. The van der Waals surface area contributed by atoms with E-state index >= 15 is 0 Å². The van der Waals surface area contributed by atoms with Crippen molar-refractivity contribution in [1.29, 1.82) is 0 Å². The fourth-order valence-electron chi connectivity index (χ4n) is 3.13. The Hall–Kier alpha value is -3.73. The van der Waals surface area contributed by atoms with Crippen LogP contribution in [-0.2, 0) is 6.54 Å². The zero-order chi connectivity index (χ0) is 20.8. The van der Waals surface area contributed by atoms with Crippen LogP contribution >= 0.6 is 0 Å². The van der Waals surface area contributed by atoms with E-state index in [1.165, 1.54) is 5.56 Å². The predicted octanol–water partition coefficient (Wildman–Crippen LogP) is 6.02. The first-order chi connectivity index (χ1) is 14.7. The Bertz CT molecular complexity index is 1080. The molecule has 0 amide bonds. The number of rotatable bonds is 7. The van der Waals surface area contributed by atoms with E-state index in [2.05, 4.69) is 70.8 Å². The van der Waals surface area contributed by atoms with E-state index in [0.29, 0.717) is 18.4 Å². The van der Waals surface area contributed by atoms with Gasteiger partial charge in [0, 0.05) is 36.3 Å². The Kier molecular flexibility index (Phi) is 5.99. The Morgan fingerprint density at radius 3 is 2.27 bits per heavy atom. The molecule has 0 atom stereocenters. The van der Waals surface area contributed by atoms with E-state index in [4.69, 9.17) is 4.98 Å². The molecule has 4 rings (SSSR count). The van der Waals surface area contributed by atoms with Crippen molar-refractivity contribution in [3.8, 4) is 11.3 Å². The van der Waals surface area contributed by atoms with E-state index in [1.54, 1.807) is 12.4 Å². The van der Waals surface area contributed by atoms with Crippen LogP contribution in [0.1, 0.15) is 30.9 Å². The normalized spacial score (nSPS) is 10.8. The number of nitrogens with one attached hydrogen (secondary N) is 2. The lowest BCUT2D eigenvalue weighted by molar-refractivity contribution is 0.867. The summed E-state index contributed by atoms with van der Waals surface area (Å²) >= 11 is 0. The highest BCUT2D eigenvalue weighted by Crippen LogP contribution is 2.25. The molecule has 0 bridgehead atoms. The van der Waals surface area contributed by atoms with E-state index in [0.717, 1.165) is 28.3 Å². The lowest BCUT2D eigenvalue weighted by Gasteiger charge is -2.12. The molecule has 0 saturated heterocycles. The average molecular weight is 396 g/mol. The van der Waals surface area contributed by atoms with Crippen molar-refractivity contribution < 1.29 is 0 Å². The van der Waals surface area contributed by atoms with E-state index < -0.39 is 0 Å². The maximum absolute atomic E-state index is 4.72. The summed E-state index contributed by atoms with van der Waals surface area (Å²) in [5.74, 6) is 1.83. The minimum absolute atomic E-state index is 0.506. The van der Waals surface area contributed by atoms with Crippen LogP contribution in [0, 0.1) is 0 Å². The molecule has 0 spiro atoms. The summed E-state index contributed by atoms with van der Waals surface area (Å²) in [6, 6.07) is 24.5. The van der Waals surface area contributed by atoms with Gasteiger partial charge in [0.2, 0.25) is 5.95 Å². The molecular weight excluding hydrogens is 370 g/mol. The second kappa shape index (κ2) is 9.18. The van der Waals surface area contributed by atoms with Crippen molar-refractivity contribution in [2.45, 2.75) is 26.3 Å². The van der Waals surface area contributed by atoms with Gasteiger partial charge in [0.1, 0.15) is 5.82 Å². The maximum Gasteiger partial charge on any atom is 0.225 e. The summed E-state index contributed by atoms with van der Waals surface area (Å²) in [6.45, 7) is 5.02. The Labute approximate surface area is 177 Å². The summed E-state index contributed by atoms with van der Waals surface area (Å²) in [6.07, 6.45) is 3.57. The third kappa shape index (κ3) is 5.00. The highest BCUT2D eigenvalue weighted by atomic mass is 15.1. The molecule has 0 fully saturated rings. The van der Waals surface area contributed by atoms with Gasteiger partial charge in [-0.25, -0.2) is 4.98 Å². The second-order valence-electron chi connectivity index (χ2n) is 7.44. The minimum Gasteiger partial charge on any atom is -0.350 e. The lowest BCUT2D eigenvalue weighted by atomic mass is 10.0. The van der Waals surface area contributed by atoms with Crippen molar-refractivity contribution >= 4 is 17.5 Å². The SMILES string of the molecule is CC(C)c1ccc(Nc2cc(-c3ccccc3)nc(NCc3ccncc3)n2)cc1. The maximum atomic E-state index is 4.72. The first-order valence-electron chi connectivity index (χ1n) is 10.1. The molecule has 0 aliphatic carbocycles.